The van der Waals surface area contributed by atoms with Crippen LogP contribution in [0.1, 0.15) is 37.7 Å². The number of carbonyl (C=O) groups excluding carboxylic acids is 1. The molecule has 2 unspecified atom stereocenters. The van der Waals surface area contributed by atoms with E-state index in [-0.39, 0.29) is 24.5 Å². The van der Waals surface area contributed by atoms with Crippen molar-refractivity contribution >= 4 is 17.6 Å². The molecule has 19 heavy (non-hydrogen) atoms. The fraction of sp³-hybridized carbons (Fsp3) is 0.533. The minimum Gasteiger partial charge on any atom is -0.460 e. The second kappa shape index (κ2) is 6.92. The molecule has 0 bridgehead atoms. The van der Waals surface area contributed by atoms with E-state index in [4.69, 9.17) is 22.1 Å². The van der Waals surface area contributed by atoms with Crippen LogP contribution in [0.3, 0.4) is 0 Å². The van der Waals surface area contributed by atoms with Gasteiger partial charge in [0.15, 0.2) is 0 Å². The van der Waals surface area contributed by atoms with Crippen molar-refractivity contribution in [1.29, 1.82) is 0 Å². The van der Waals surface area contributed by atoms with Crippen LogP contribution < -0.4 is 5.73 Å². The van der Waals surface area contributed by atoms with E-state index in [0.29, 0.717) is 5.02 Å². The summed E-state index contributed by atoms with van der Waals surface area (Å²) >= 11 is 6.03. The number of rotatable bonds is 3. The maximum absolute atomic E-state index is 12.1. The summed E-state index contributed by atoms with van der Waals surface area (Å²) in [4.78, 5) is 12.1. The Kier molecular flexibility index (Phi) is 5.23. The number of nitrogens with two attached hydrogens (primary N) is 1. The molecule has 1 fully saturated rings. The summed E-state index contributed by atoms with van der Waals surface area (Å²) in [6, 6.07) is 7.33. The monoisotopic (exact) mass is 281 g/mol. The normalized spacial score (nSPS) is 23.7. The van der Waals surface area contributed by atoms with Crippen molar-refractivity contribution in [3.8, 4) is 0 Å². The summed E-state index contributed by atoms with van der Waals surface area (Å²) in [6.07, 6.45) is 5.06. The Labute approximate surface area is 119 Å². The van der Waals surface area contributed by atoms with Crippen molar-refractivity contribution < 1.29 is 9.53 Å². The van der Waals surface area contributed by atoms with Gasteiger partial charge in [-0.25, -0.2) is 0 Å². The van der Waals surface area contributed by atoms with Gasteiger partial charge in [-0.2, -0.15) is 0 Å². The molecular weight excluding hydrogens is 262 g/mol. The molecule has 1 aliphatic carbocycles. The molecule has 2 atom stereocenters. The number of carbonyl (C=O) groups is 1. The Balaban J connectivity index is 1.91. The van der Waals surface area contributed by atoms with Gasteiger partial charge in [0, 0.05) is 16.6 Å². The standard InChI is InChI=1S/C15H20ClNO2/c16-13-8-5-4-6-11(13)10-19-15(18)12-7-2-1-3-9-14(12)17/h4-6,8,12,14H,1-3,7,9-10,17H2. The highest BCUT2D eigenvalue weighted by Crippen LogP contribution is 2.24. The number of hydrogen-bond donors (Lipinski definition) is 1. The SMILES string of the molecule is NC1CCCCCC1C(=O)OCc1ccccc1Cl. The summed E-state index contributed by atoms with van der Waals surface area (Å²) < 4.78 is 5.37. The third kappa shape index (κ3) is 3.95. The molecule has 2 N–H and O–H groups in total. The van der Waals surface area contributed by atoms with E-state index in [1.54, 1.807) is 6.07 Å². The number of ether oxygens (including phenoxy) is 1. The molecule has 1 aromatic carbocycles. The highest BCUT2D eigenvalue weighted by Gasteiger charge is 2.28. The third-order valence-corrected chi connectivity index (χ3v) is 4.07. The summed E-state index contributed by atoms with van der Waals surface area (Å²) in [6.45, 7) is 0.224. The number of esters is 1. The van der Waals surface area contributed by atoms with E-state index in [9.17, 15) is 4.79 Å². The molecule has 0 radical (unpaired) electrons. The van der Waals surface area contributed by atoms with Crippen LogP contribution in [-0.2, 0) is 16.1 Å². The van der Waals surface area contributed by atoms with E-state index < -0.39 is 0 Å². The highest BCUT2D eigenvalue weighted by molar-refractivity contribution is 6.31. The zero-order chi connectivity index (χ0) is 13.7. The molecule has 0 spiro atoms. The first-order valence-corrected chi connectivity index (χ1v) is 7.22. The van der Waals surface area contributed by atoms with Crippen LogP contribution in [0, 0.1) is 5.92 Å². The molecule has 1 aliphatic rings. The first kappa shape index (κ1) is 14.4. The fourth-order valence-electron chi connectivity index (χ4n) is 2.50. The van der Waals surface area contributed by atoms with Gasteiger partial charge < -0.3 is 10.5 Å². The predicted octanol–water partition coefficient (Wildman–Crippen LogP) is 3.29. The van der Waals surface area contributed by atoms with Gasteiger partial charge in [0.1, 0.15) is 6.61 Å². The third-order valence-electron chi connectivity index (χ3n) is 3.70. The van der Waals surface area contributed by atoms with Crippen LogP contribution in [0.25, 0.3) is 0 Å². The first-order valence-electron chi connectivity index (χ1n) is 6.84. The lowest BCUT2D eigenvalue weighted by Crippen LogP contribution is -2.35. The summed E-state index contributed by atoms with van der Waals surface area (Å²) in [5.41, 5.74) is 6.88. The largest absolute Gasteiger partial charge is 0.460 e. The molecule has 0 aliphatic heterocycles. The number of halogens is 1. The maximum Gasteiger partial charge on any atom is 0.310 e. The van der Waals surface area contributed by atoms with Gasteiger partial charge in [0.2, 0.25) is 0 Å². The van der Waals surface area contributed by atoms with E-state index in [2.05, 4.69) is 0 Å². The van der Waals surface area contributed by atoms with E-state index in [0.717, 1.165) is 37.7 Å². The molecule has 3 nitrogen and oxygen atoms in total. The van der Waals surface area contributed by atoms with Crippen molar-refractivity contribution in [1.82, 2.24) is 0 Å². The molecule has 2 rings (SSSR count). The zero-order valence-electron chi connectivity index (χ0n) is 11.0. The quantitative estimate of drug-likeness (QED) is 0.683. The summed E-state index contributed by atoms with van der Waals surface area (Å²) in [5.74, 6) is -0.348. The van der Waals surface area contributed by atoms with Gasteiger partial charge in [-0.05, 0) is 18.9 Å². The molecular formula is C15H20ClNO2. The van der Waals surface area contributed by atoms with E-state index >= 15 is 0 Å². The Morgan fingerprint density at radius 3 is 2.79 bits per heavy atom. The van der Waals surface area contributed by atoms with Crippen LogP contribution in [0.4, 0.5) is 0 Å². The second-order valence-electron chi connectivity index (χ2n) is 5.11. The van der Waals surface area contributed by atoms with Gasteiger partial charge >= 0.3 is 5.97 Å². The molecule has 0 saturated heterocycles. The van der Waals surface area contributed by atoms with Gasteiger partial charge in [-0.1, -0.05) is 49.1 Å². The lowest BCUT2D eigenvalue weighted by Gasteiger charge is -2.19. The van der Waals surface area contributed by atoms with Crippen LogP contribution in [0.5, 0.6) is 0 Å². The van der Waals surface area contributed by atoms with Crippen molar-refractivity contribution in [3.63, 3.8) is 0 Å². The lowest BCUT2D eigenvalue weighted by molar-refractivity contribution is -0.150. The molecule has 1 aromatic rings. The van der Waals surface area contributed by atoms with Gasteiger partial charge in [-0.15, -0.1) is 0 Å². The Bertz CT molecular complexity index is 436. The fourth-order valence-corrected chi connectivity index (χ4v) is 2.69. The average molecular weight is 282 g/mol. The Morgan fingerprint density at radius 2 is 2.00 bits per heavy atom. The zero-order valence-corrected chi connectivity index (χ0v) is 11.7. The summed E-state index contributed by atoms with van der Waals surface area (Å²) in [5, 5.41) is 0.625. The van der Waals surface area contributed by atoms with Gasteiger partial charge in [0.05, 0.1) is 5.92 Å². The van der Waals surface area contributed by atoms with Crippen LogP contribution >= 0.6 is 11.6 Å². The van der Waals surface area contributed by atoms with Gasteiger partial charge in [0.25, 0.3) is 0 Å². The maximum atomic E-state index is 12.1. The lowest BCUT2D eigenvalue weighted by atomic mass is 9.96. The Morgan fingerprint density at radius 1 is 1.26 bits per heavy atom. The minimum absolute atomic E-state index is 0.0683. The number of hydrogen-bond acceptors (Lipinski definition) is 3. The molecule has 104 valence electrons. The number of benzene rings is 1. The first-order chi connectivity index (χ1) is 9.18. The van der Waals surface area contributed by atoms with E-state index in [1.165, 1.54) is 0 Å². The van der Waals surface area contributed by atoms with Gasteiger partial charge in [-0.3, -0.25) is 4.79 Å². The minimum atomic E-state index is -0.186. The van der Waals surface area contributed by atoms with E-state index in [1.807, 2.05) is 18.2 Å². The van der Waals surface area contributed by atoms with Crippen LogP contribution in [0.2, 0.25) is 5.02 Å². The Hall–Kier alpha value is -1.06. The molecule has 4 heteroatoms. The molecule has 0 aromatic heterocycles. The highest BCUT2D eigenvalue weighted by atomic mass is 35.5. The molecule has 0 amide bonds. The average Bonchev–Trinajstić information content (AvgIpc) is 2.62. The smallest absolute Gasteiger partial charge is 0.310 e. The van der Waals surface area contributed by atoms with Crippen molar-refractivity contribution in [2.75, 3.05) is 0 Å². The van der Waals surface area contributed by atoms with Crippen LogP contribution in [0.15, 0.2) is 24.3 Å². The molecule has 0 heterocycles. The summed E-state index contributed by atoms with van der Waals surface area (Å²) in [7, 11) is 0. The molecule has 1 saturated carbocycles. The van der Waals surface area contributed by atoms with Crippen LogP contribution in [-0.4, -0.2) is 12.0 Å². The predicted molar refractivity (Wildman–Crippen MR) is 75.8 cm³/mol. The topological polar surface area (TPSA) is 52.3 Å². The van der Waals surface area contributed by atoms with Crippen molar-refractivity contribution in [3.05, 3.63) is 34.9 Å². The van der Waals surface area contributed by atoms with Crippen molar-refractivity contribution in [2.45, 2.75) is 44.8 Å². The second-order valence-corrected chi connectivity index (χ2v) is 5.51. The van der Waals surface area contributed by atoms with Crippen molar-refractivity contribution in [2.24, 2.45) is 11.7 Å².